The second-order valence-electron chi connectivity index (χ2n) is 9.93. The topological polar surface area (TPSA) is 51.4 Å². The Balaban J connectivity index is 1.43. The number of thiazole rings is 1. The van der Waals surface area contributed by atoms with Crippen molar-refractivity contribution in [3.05, 3.63) is 70.7 Å². The average Bonchev–Trinajstić information content (AvgIpc) is 3.44. The van der Waals surface area contributed by atoms with Crippen LogP contribution in [0.3, 0.4) is 0 Å². The summed E-state index contributed by atoms with van der Waals surface area (Å²) in [5, 5.41) is 5.09. The van der Waals surface area contributed by atoms with E-state index in [2.05, 4.69) is 28.4 Å². The van der Waals surface area contributed by atoms with Gasteiger partial charge in [0.1, 0.15) is 0 Å². The first-order valence-corrected chi connectivity index (χ1v) is 15.3. The molecule has 0 unspecified atom stereocenters. The molecule has 0 saturated carbocycles. The van der Waals surface area contributed by atoms with Gasteiger partial charge < -0.3 is 14.8 Å². The van der Waals surface area contributed by atoms with Crippen LogP contribution in [-0.2, 0) is 6.54 Å². The summed E-state index contributed by atoms with van der Waals surface area (Å²) in [6, 6.07) is 13.4. The average molecular weight is 538 g/mol. The quantitative estimate of drug-likeness (QED) is 0.123. The molecular formula is C32H45N2O3S+. The fourth-order valence-corrected chi connectivity index (χ4v) is 5.23. The monoisotopic (exact) mass is 537 g/mol. The summed E-state index contributed by atoms with van der Waals surface area (Å²) in [7, 11) is 1.61. The number of nitrogens with zero attached hydrogens (tertiary/aromatic N) is 1. The first-order valence-electron chi connectivity index (χ1n) is 14.3. The molecule has 1 N–H and O–H groups in total. The van der Waals surface area contributed by atoms with Crippen LogP contribution < -0.4 is 19.4 Å². The number of hydrogen-bond acceptors (Lipinski definition) is 4. The molecule has 2 aromatic carbocycles. The molecule has 5 nitrogen and oxygen atoms in total. The molecule has 0 aliphatic rings. The Kier molecular flexibility index (Phi) is 13.8. The van der Waals surface area contributed by atoms with Crippen LogP contribution in [-0.4, -0.2) is 19.6 Å². The number of para-hydroxylation sites is 1. The molecule has 0 bridgehead atoms. The maximum absolute atomic E-state index is 13.2. The number of amides is 1. The third-order valence-electron chi connectivity index (χ3n) is 6.76. The largest absolute Gasteiger partial charge is 0.493 e. The normalized spacial score (nSPS) is 10.9. The number of nitrogens with one attached hydrogen (secondary N) is 1. The van der Waals surface area contributed by atoms with E-state index in [9.17, 15) is 4.79 Å². The van der Waals surface area contributed by atoms with Gasteiger partial charge in [0.05, 0.1) is 24.7 Å². The van der Waals surface area contributed by atoms with Crippen molar-refractivity contribution in [2.45, 2.75) is 90.5 Å². The standard InChI is InChI=1S/C32H44N2O3S/c1-3-4-5-6-7-8-9-10-11-12-13-14-22-37-31-29(19-16-20-30(31)36-2)32(35)33-28-18-15-17-27(24-28)25-34-21-23-38-26-34/h15-21,23-24,26H,3-14,22,25H2,1-2H3/p+1. The summed E-state index contributed by atoms with van der Waals surface area (Å²) >= 11 is 1.66. The maximum Gasteiger partial charge on any atom is 0.259 e. The molecule has 206 valence electrons. The number of methoxy groups -OCH3 is 1. The SMILES string of the molecule is CCCCCCCCCCCCCCOc1c(OC)cccc1C(=O)Nc1cccc(C[n+]2ccsc2)c1. The van der Waals surface area contributed by atoms with Crippen LogP contribution in [0.5, 0.6) is 11.5 Å². The van der Waals surface area contributed by atoms with Crippen molar-refractivity contribution in [1.29, 1.82) is 0 Å². The molecule has 0 atom stereocenters. The van der Waals surface area contributed by atoms with E-state index in [0.29, 0.717) is 23.7 Å². The Morgan fingerprint density at radius 1 is 0.895 bits per heavy atom. The van der Waals surface area contributed by atoms with Crippen molar-refractivity contribution in [2.75, 3.05) is 19.0 Å². The minimum Gasteiger partial charge on any atom is -0.493 e. The van der Waals surface area contributed by atoms with Gasteiger partial charge in [-0.15, -0.1) is 0 Å². The number of hydrogen-bond donors (Lipinski definition) is 1. The van der Waals surface area contributed by atoms with Crippen molar-refractivity contribution in [3.63, 3.8) is 0 Å². The molecule has 0 spiro atoms. The molecule has 1 amide bonds. The van der Waals surface area contributed by atoms with Gasteiger partial charge in [-0.1, -0.05) is 107 Å². The molecule has 0 fully saturated rings. The van der Waals surface area contributed by atoms with E-state index < -0.39 is 0 Å². The zero-order valence-electron chi connectivity index (χ0n) is 23.3. The molecule has 3 rings (SSSR count). The van der Waals surface area contributed by atoms with Crippen molar-refractivity contribution in [2.24, 2.45) is 0 Å². The highest BCUT2D eigenvalue weighted by Crippen LogP contribution is 2.32. The Bertz CT molecular complexity index is 1070. The first-order chi connectivity index (χ1) is 18.7. The fourth-order valence-electron chi connectivity index (χ4n) is 4.63. The van der Waals surface area contributed by atoms with Crippen LogP contribution in [0.25, 0.3) is 0 Å². The van der Waals surface area contributed by atoms with Crippen LogP contribution in [0.2, 0.25) is 0 Å². The lowest BCUT2D eigenvalue weighted by Crippen LogP contribution is -2.30. The second-order valence-corrected chi connectivity index (χ2v) is 10.7. The number of rotatable bonds is 19. The minimum absolute atomic E-state index is 0.200. The van der Waals surface area contributed by atoms with E-state index in [0.717, 1.165) is 30.6 Å². The highest BCUT2D eigenvalue weighted by Gasteiger charge is 2.18. The van der Waals surface area contributed by atoms with Crippen molar-refractivity contribution in [1.82, 2.24) is 0 Å². The number of ether oxygens (including phenoxy) is 2. The van der Waals surface area contributed by atoms with Crippen molar-refractivity contribution in [3.8, 4) is 11.5 Å². The predicted octanol–water partition coefficient (Wildman–Crippen LogP) is 8.42. The first kappa shape index (κ1) is 29.7. The lowest BCUT2D eigenvalue weighted by atomic mass is 10.1. The number of anilines is 1. The van der Waals surface area contributed by atoms with Crippen LogP contribution >= 0.6 is 11.3 Å². The number of aromatic nitrogens is 1. The third-order valence-corrected chi connectivity index (χ3v) is 7.44. The molecule has 0 aliphatic carbocycles. The zero-order chi connectivity index (χ0) is 26.8. The molecule has 1 aromatic heterocycles. The van der Waals surface area contributed by atoms with Crippen molar-refractivity contribution >= 4 is 22.9 Å². The summed E-state index contributed by atoms with van der Waals surface area (Å²) < 4.78 is 13.8. The van der Waals surface area contributed by atoms with Crippen LogP contribution in [0.15, 0.2) is 59.6 Å². The van der Waals surface area contributed by atoms with Crippen molar-refractivity contribution < 1.29 is 18.8 Å². The Hall–Kier alpha value is -2.86. The second kappa shape index (κ2) is 17.6. The van der Waals surface area contributed by atoms with Crippen LogP contribution in [0.1, 0.15) is 99.9 Å². The van der Waals surface area contributed by atoms with Gasteiger partial charge in [0.25, 0.3) is 5.91 Å². The maximum atomic E-state index is 13.2. The number of carbonyl (C=O) groups excluding carboxylic acids is 1. The van der Waals surface area contributed by atoms with Gasteiger partial charge in [-0.25, -0.2) is 0 Å². The zero-order valence-corrected chi connectivity index (χ0v) is 24.1. The van der Waals surface area contributed by atoms with Gasteiger partial charge in [-0.05, 0) is 30.7 Å². The summed E-state index contributed by atoms with van der Waals surface area (Å²) in [6.45, 7) is 3.61. The summed E-state index contributed by atoms with van der Waals surface area (Å²) in [6.07, 6.45) is 17.6. The van der Waals surface area contributed by atoms with E-state index in [1.807, 2.05) is 41.9 Å². The molecule has 38 heavy (non-hydrogen) atoms. The van der Waals surface area contributed by atoms with Crippen LogP contribution in [0, 0.1) is 0 Å². The third kappa shape index (κ3) is 10.5. The van der Waals surface area contributed by atoms with Gasteiger partial charge in [0.2, 0.25) is 5.51 Å². The highest BCUT2D eigenvalue weighted by atomic mass is 32.1. The Morgan fingerprint density at radius 3 is 2.24 bits per heavy atom. The Morgan fingerprint density at radius 2 is 1.58 bits per heavy atom. The van der Waals surface area contributed by atoms with Gasteiger partial charge in [-0.2, -0.15) is 4.57 Å². The van der Waals surface area contributed by atoms with E-state index in [1.54, 1.807) is 24.5 Å². The molecule has 3 aromatic rings. The van der Waals surface area contributed by atoms with E-state index in [4.69, 9.17) is 9.47 Å². The smallest absolute Gasteiger partial charge is 0.259 e. The van der Waals surface area contributed by atoms with Gasteiger partial charge in [0.15, 0.2) is 24.2 Å². The molecule has 0 radical (unpaired) electrons. The summed E-state index contributed by atoms with van der Waals surface area (Å²) in [5.41, 5.74) is 4.45. The predicted molar refractivity (Wildman–Crippen MR) is 158 cm³/mol. The summed E-state index contributed by atoms with van der Waals surface area (Å²) in [4.78, 5) is 13.2. The van der Waals surface area contributed by atoms with Gasteiger partial charge >= 0.3 is 0 Å². The molecular weight excluding hydrogens is 492 g/mol. The lowest BCUT2D eigenvalue weighted by Gasteiger charge is -2.15. The number of benzene rings is 2. The molecule has 1 heterocycles. The molecule has 0 aliphatic heterocycles. The number of carbonyl (C=O) groups is 1. The highest BCUT2D eigenvalue weighted by molar-refractivity contribution is 7.07. The van der Waals surface area contributed by atoms with Gasteiger partial charge in [-0.3, -0.25) is 4.79 Å². The van der Waals surface area contributed by atoms with E-state index in [1.165, 1.54) is 64.2 Å². The summed E-state index contributed by atoms with van der Waals surface area (Å²) in [5.74, 6) is 0.897. The molecule has 0 saturated heterocycles. The fraction of sp³-hybridized carbons (Fsp3) is 0.500. The van der Waals surface area contributed by atoms with Crippen LogP contribution in [0.4, 0.5) is 5.69 Å². The Labute approximate surface area is 233 Å². The minimum atomic E-state index is -0.200. The van der Waals surface area contributed by atoms with E-state index in [-0.39, 0.29) is 5.91 Å². The van der Waals surface area contributed by atoms with Gasteiger partial charge in [0, 0.05) is 11.3 Å². The molecule has 6 heteroatoms. The lowest BCUT2D eigenvalue weighted by molar-refractivity contribution is -0.683. The number of unbranched alkanes of at least 4 members (excludes halogenated alkanes) is 11. The van der Waals surface area contributed by atoms with E-state index >= 15 is 0 Å².